The number of carbonyl (C=O) groups is 3. The Kier molecular flexibility index (Phi) is 4.10. The van der Waals surface area contributed by atoms with Gasteiger partial charge in [0.05, 0.1) is 17.0 Å². The highest BCUT2D eigenvalue weighted by Crippen LogP contribution is 2.48. The van der Waals surface area contributed by atoms with Crippen LogP contribution < -0.4 is 4.74 Å². The first-order valence-corrected chi connectivity index (χ1v) is 8.30. The van der Waals surface area contributed by atoms with Gasteiger partial charge in [-0.2, -0.15) is 0 Å². The van der Waals surface area contributed by atoms with Gasteiger partial charge in [0, 0.05) is 0 Å². The molecule has 1 saturated carbocycles. The molecular formula is C19H12F3NO5. The van der Waals surface area contributed by atoms with Crippen molar-refractivity contribution in [2.45, 2.75) is 18.7 Å². The molecule has 1 aliphatic heterocycles. The molecule has 0 unspecified atom stereocenters. The van der Waals surface area contributed by atoms with Crippen molar-refractivity contribution in [2.75, 3.05) is 0 Å². The topological polar surface area (TPSA) is 72.9 Å². The summed E-state index contributed by atoms with van der Waals surface area (Å²) < 4.78 is 40.4. The van der Waals surface area contributed by atoms with Crippen LogP contribution in [0.3, 0.4) is 0 Å². The minimum atomic E-state index is -4.78. The van der Waals surface area contributed by atoms with Crippen molar-refractivity contribution in [1.29, 1.82) is 0 Å². The molecule has 0 spiro atoms. The van der Waals surface area contributed by atoms with Crippen LogP contribution >= 0.6 is 0 Å². The predicted molar refractivity (Wildman–Crippen MR) is 87.0 cm³/mol. The molecule has 0 saturated heterocycles. The van der Waals surface area contributed by atoms with E-state index in [9.17, 15) is 27.6 Å². The van der Waals surface area contributed by atoms with Gasteiger partial charge in [0.2, 0.25) is 0 Å². The fraction of sp³-hybridized carbons (Fsp3) is 0.211. The number of amides is 2. The fourth-order valence-electron chi connectivity index (χ4n) is 3.15. The van der Waals surface area contributed by atoms with Gasteiger partial charge in [0.15, 0.2) is 0 Å². The lowest BCUT2D eigenvalue weighted by atomic mass is 10.1. The zero-order valence-corrected chi connectivity index (χ0v) is 14.1. The molecule has 2 aromatic rings. The zero-order valence-electron chi connectivity index (χ0n) is 14.1. The molecule has 0 radical (unpaired) electrons. The molecule has 4 rings (SSSR count). The van der Waals surface area contributed by atoms with E-state index >= 15 is 0 Å². The highest BCUT2D eigenvalue weighted by atomic mass is 19.4. The van der Waals surface area contributed by atoms with Crippen LogP contribution in [0.4, 0.5) is 13.2 Å². The highest BCUT2D eigenvalue weighted by molar-refractivity contribution is 6.20. The number of hydrogen-bond donors (Lipinski definition) is 0. The Hall–Kier alpha value is -3.36. The Morgan fingerprint density at radius 2 is 1.54 bits per heavy atom. The number of nitrogens with zero attached hydrogens (tertiary/aromatic N) is 1. The maximum atomic E-state index is 12.3. The van der Waals surface area contributed by atoms with E-state index < -0.39 is 30.1 Å². The second kappa shape index (κ2) is 6.36. The quantitative estimate of drug-likeness (QED) is 0.747. The van der Waals surface area contributed by atoms with E-state index in [0.29, 0.717) is 17.0 Å². The summed E-state index contributed by atoms with van der Waals surface area (Å²) in [4.78, 5) is 41.7. The number of fused-ring (bicyclic) bond motifs is 1. The third-order valence-electron chi connectivity index (χ3n) is 4.57. The third-order valence-corrected chi connectivity index (χ3v) is 4.57. The Morgan fingerprint density at radius 3 is 2.07 bits per heavy atom. The summed E-state index contributed by atoms with van der Waals surface area (Å²) in [6, 6.07) is 11.3. The summed E-state index contributed by atoms with van der Waals surface area (Å²) in [5.41, 5.74) is 0.958. The minimum Gasteiger partial charge on any atom is -0.406 e. The summed E-state index contributed by atoms with van der Waals surface area (Å²) in [6.07, 6.45) is -4.37. The number of carbonyl (C=O) groups excluding carboxylic acids is 3. The van der Waals surface area contributed by atoms with Crippen molar-refractivity contribution in [3.63, 3.8) is 0 Å². The molecule has 2 aliphatic rings. The van der Waals surface area contributed by atoms with E-state index in [0.717, 1.165) is 12.1 Å². The number of benzene rings is 2. The largest absolute Gasteiger partial charge is 0.573 e. The number of halogens is 3. The number of alkyl halides is 3. The molecule has 1 heterocycles. The summed E-state index contributed by atoms with van der Waals surface area (Å²) in [7, 11) is 0. The van der Waals surface area contributed by atoms with Crippen molar-refractivity contribution >= 4 is 17.8 Å². The number of imide groups is 1. The van der Waals surface area contributed by atoms with Gasteiger partial charge in [-0.25, -0.2) is 4.79 Å². The van der Waals surface area contributed by atoms with Gasteiger partial charge >= 0.3 is 12.3 Å². The molecule has 1 aliphatic carbocycles. The van der Waals surface area contributed by atoms with Crippen LogP contribution in [-0.2, 0) is 9.63 Å². The van der Waals surface area contributed by atoms with Gasteiger partial charge in [-0.1, -0.05) is 29.3 Å². The van der Waals surface area contributed by atoms with E-state index in [1.807, 2.05) is 0 Å². The predicted octanol–water partition coefficient (Wildman–Crippen LogP) is 3.44. The number of ether oxygens (including phenoxy) is 1. The molecule has 144 valence electrons. The van der Waals surface area contributed by atoms with Crippen LogP contribution in [0.1, 0.15) is 38.6 Å². The molecule has 1 fully saturated rings. The average molecular weight is 391 g/mol. The average Bonchev–Trinajstić information content (AvgIpc) is 3.41. The van der Waals surface area contributed by atoms with Gasteiger partial charge < -0.3 is 9.57 Å². The molecule has 6 nitrogen and oxygen atoms in total. The smallest absolute Gasteiger partial charge is 0.406 e. The van der Waals surface area contributed by atoms with Crippen LogP contribution in [0, 0.1) is 5.92 Å². The van der Waals surface area contributed by atoms with E-state index in [-0.39, 0.29) is 22.8 Å². The van der Waals surface area contributed by atoms with E-state index in [1.165, 1.54) is 24.3 Å². The van der Waals surface area contributed by atoms with Crippen LogP contribution in [0.15, 0.2) is 48.5 Å². The number of hydrogen-bond acceptors (Lipinski definition) is 5. The van der Waals surface area contributed by atoms with Crippen LogP contribution in [-0.4, -0.2) is 29.2 Å². The van der Waals surface area contributed by atoms with Crippen LogP contribution in [0.5, 0.6) is 5.75 Å². The molecule has 2 amide bonds. The monoisotopic (exact) mass is 391 g/mol. The lowest BCUT2D eigenvalue weighted by Gasteiger charge is -2.12. The lowest BCUT2D eigenvalue weighted by Crippen LogP contribution is -2.33. The van der Waals surface area contributed by atoms with Crippen molar-refractivity contribution in [1.82, 2.24) is 5.06 Å². The normalized spacial score (nSPS) is 20.8. The molecule has 2 aromatic carbocycles. The lowest BCUT2D eigenvalue weighted by molar-refractivity contribution is -0.274. The maximum Gasteiger partial charge on any atom is 0.573 e. The standard InChI is InChI=1S/C19H12F3NO5/c20-19(21,22)27-11-7-5-10(6-8-11)14-9-15(14)18(26)28-23-16(24)12-3-1-2-4-13(12)17(23)25/h1-8,14-15H,9H2/t14-,15+/m0/s1. The Morgan fingerprint density at radius 1 is 0.964 bits per heavy atom. The second-order valence-electron chi connectivity index (χ2n) is 6.43. The van der Waals surface area contributed by atoms with Gasteiger partial charge in [0.25, 0.3) is 11.8 Å². The van der Waals surface area contributed by atoms with E-state index in [1.54, 1.807) is 12.1 Å². The number of rotatable bonds is 4. The second-order valence-corrected chi connectivity index (χ2v) is 6.43. The first-order valence-electron chi connectivity index (χ1n) is 8.30. The van der Waals surface area contributed by atoms with Crippen LogP contribution in [0.25, 0.3) is 0 Å². The molecule has 28 heavy (non-hydrogen) atoms. The molecule has 0 N–H and O–H groups in total. The third kappa shape index (κ3) is 3.30. The van der Waals surface area contributed by atoms with E-state index in [2.05, 4.69) is 4.74 Å². The van der Waals surface area contributed by atoms with Crippen molar-refractivity contribution < 1.29 is 37.1 Å². The fourth-order valence-corrected chi connectivity index (χ4v) is 3.15. The van der Waals surface area contributed by atoms with Gasteiger partial charge in [-0.3, -0.25) is 9.59 Å². The van der Waals surface area contributed by atoms with Crippen molar-refractivity contribution in [3.05, 3.63) is 65.2 Å². The summed E-state index contributed by atoms with van der Waals surface area (Å²) in [5, 5.41) is 0.447. The van der Waals surface area contributed by atoms with Crippen LogP contribution in [0.2, 0.25) is 0 Å². The van der Waals surface area contributed by atoms with E-state index in [4.69, 9.17) is 4.84 Å². The Labute approximate surface area is 156 Å². The summed E-state index contributed by atoms with van der Waals surface area (Å²) >= 11 is 0. The summed E-state index contributed by atoms with van der Waals surface area (Å²) in [5.74, 6) is -3.36. The van der Waals surface area contributed by atoms with Crippen molar-refractivity contribution in [2.24, 2.45) is 5.92 Å². The summed E-state index contributed by atoms with van der Waals surface area (Å²) in [6.45, 7) is 0. The Balaban J connectivity index is 1.39. The van der Waals surface area contributed by atoms with Gasteiger partial charge in [-0.05, 0) is 42.2 Å². The highest BCUT2D eigenvalue weighted by Gasteiger charge is 2.48. The molecule has 0 aromatic heterocycles. The SMILES string of the molecule is O=C(ON1C(=O)c2ccccc2C1=O)[C@@H]1C[C@H]1c1ccc(OC(F)(F)F)cc1. The molecule has 2 atom stereocenters. The minimum absolute atomic E-state index is 0.160. The Bertz CT molecular complexity index is 935. The molecular weight excluding hydrogens is 379 g/mol. The maximum absolute atomic E-state index is 12.3. The first-order chi connectivity index (χ1) is 13.2. The van der Waals surface area contributed by atoms with Crippen molar-refractivity contribution in [3.8, 4) is 5.75 Å². The first kappa shape index (κ1) is 18.0. The van der Waals surface area contributed by atoms with Gasteiger partial charge in [0.1, 0.15) is 5.75 Å². The van der Waals surface area contributed by atoms with Gasteiger partial charge in [-0.15, -0.1) is 13.2 Å². The zero-order chi connectivity index (χ0) is 20.1. The molecule has 9 heteroatoms. The molecule has 0 bridgehead atoms. The number of hydroxylamine groups is 2.